The summed E-state index contributed by atoms with van der Waals surface area (Å²) in [6.45, 7) is 6.88. The molecule has 0 spiro atoms. The molecule has 0 aliphatic rings. The third-order valence-corrected chi connectivity index (χ3v) is 3.83. The van der Waals surface area contributed by atoms with Crippen molar-refractivity contribution in [2.75, 3.05) is 0 Å². The van der Waals surface area contributed by atoms with Gasteiger partial charge in [0.25, 0.3) is 0 Å². The molecule has 1 unspecified atom stereocenters. The molecule has 2 N–H and O–H groups in total. The van der Waals surface area contributed by atoms with Gasteiger partial charge in [0, 0.05) is 18.7 Å². The van der Waals surface area contributed by atoms with Crippen molar-refractivity contribution in [2.24, 2.45) is 5.73 Å². The number of rotatable bonds is 5. The quantitative estimate of drug-likeness (QED) is 0.921. The number of aryl methyl sites for hydroxylation is 3. The molecule has 2 aromatic rings. The van der Waals surface area contributed by atoms with Gasteiger partial charge in [-0.2, -0.15) is 5.10 Å². The summed E-state index contributed by atoms with van der Waals surface area (Å²) in [5.41, 5.74) is 10.1. The lowest BCUT2D eigenvalue weighted by atomic mass is 10.1. The summed E-state index contributed by atoms with van der Waals surface area (Å²) in [6.07, 6.45) is 1.48. The zero-order valence-corrected chi connectivity index (χ0v) is 13.0. The Morgan fingerprint density at radius 3 is 2.70 bits per heavy atom. The molecule has 0 aromatic carbocycles. The molecule has 0 radical (unpaired) electrons. The standard InChI is InChI=1S/C15H21ClN4/c1-4-12-15(16)14(20(5-2)19-12)9-11(17)13-8-6-7-10(3)18-13/h6-8,11H,4-5,9,17H2,1-3H3. The molecule has 0 bridgehead atoms. The number of nitrogens with two attached hydrogens (primary N) is 1. The van der Waals surface area contributed by atoms with Gasteiger partial charge in [0.05, 0.1) is 28.1 Å². The molecular weight excluding hydrogens is 272 g/mol. The fraction of sp³-hybridized carbons (Fsp3) is 0.467. The van der Waals surface area contributed by atoms with Gasteiger partial charge in [-0.1, -0.05) is 24.6 Å². The predicted molar refractivity (Wildman–Crippen MR) is 81.9 cm³/mol. The van der Waals surface area contributed by atoms with Gasteiger partial charge in [0.15, 0.2) is 0 Å². The molecule has 0 aliphatic heterocycles. The molecule has 2 aromatic heterocycles. The van der Waals surface area contributed by atoms with Gasteiger partial charge in [-0.05, 0) is 32.4 Å². The Hall–Kier alpha value is -1.39. The second-order valence-corrected chi connectivity index (χ2v) is 5.27. The molecule has 1 atom stereocenters. The summed E-state index contributed by atoms with van der Waals surface area (Å²) in [5, 5.41) is 5.27. The monoisotopic (exact) mass is 292 g/mol. The SMILES string of the molecule is CCc1nn(CC)c(CC(N)c2cccc(C)n2)c1Cl. The maximum Gasteiger partial charge on any atom is 0.0850 e. The second-order valence-electron chi connectivity index (χ2n) is 4.89. The van der Waals surface area contributed by atoms with Crippen molar-refractivity contribution in [3.8, 4) is 0 Å². The highest BCUT2D eigenvalue weighted by Crippen LogP contribution is 2.25. The molecule has 20 heavy (non-hydrogen) atoms. The van der Waals surface area contributed by atoms with Crippen molar-refractivity contribution in [2.45, 2.75) is 46.2 Å². The van der Waals surface area contributed by atoms with E-state index in [4.69, 9.17) is 17.3 Å². The van der Waals surface area contributed by atoms with Crippen LogP contribution in [0.25, 0.3) is 0 Å². The largest absolute Gasteiger partial charge is 0.322 e. The van der Waals surface area contributed by atoms with Crippen molar-refractivity contribution in [1.82, 2.24) is 14.8 Å². The normalized spacial score (nSPS) is 12.7. The Labute approximate surface area is 125 Å². The van der Waals surface area contributed by atoms with Crippen molar-refractivity contribution in [3.05, 3.63) is 46.0 Å². The van der Waals surface area contributed by atoms with Crippen LogP contribution in [0.2, 0.25) is 5.02 Å². The van der Waals surface area contributed by atoms with Gasteiger partial charge in [-0.15, -0.1) is 0 Å². The van der Waals surface area contributed by atoms with Crippen LogP contribution in [0.5, 0.6) is 0 Å². The van der Waals surface area contributed by atoms with E-state index in [0.29, 0.717) is 6.42 Å². The van der Waals surface area contributed by atoms with Crippen LogP contribution in [0.15, 0.2) is 18.2 Å². The maximum absolute atomic E-state index is 6.41. The number of aromatic nitrogens is 3. The van der Waals surface area contributed by atoms with Crippen molar-refractivity contribution >= 4 is 11.6 Å². The Bertz CT molecular complexity index is 592. The molecule has 0 fully saturated rings. The number of hydrogen-bond acceptors (Lipinski definition) is 3. The van der Waals surface area contributed by atoms with Gasteiger partial charge in [-0.3, -0.25) is 9.67 Å². The summed E-state index contributed by atoms with van der Waals surface area (Å²) >= 11 is 6.41. The van der Waals surface area contributed by atoms with Crippen LogP contribution < -0.4 is 5.73 Å². The Balaban J connectivity index is 2.27. The maximum atomic E-state index is 6.41. The van der Waals surface area contributed by atoms with E-state index in [1.165, 1.54) is 0 Å². The van der Waals surface area contributed by atoms with E-state index in [0.717, 1.165) is 40.8 Å². The highest BCUT2D eigenvalue weighted by molar-refractivity contribution is 6.31. The van der Waals surface area contributed by atoms with Crippen LogP contribution >= 0.6 is 11.6 Å². The summed E-state index contributed by atoms with van der Waals surface area (Å²) in [4.78, 5) is 4.48. The summed E-state index contributed by atoms with van der Waals surface area (Å²) in [5.74, 6) is 0. The van der Waals surface area contributed by atoms with Crippen molar-refractivity contribution in [3.63, 3.8) is 0 Å². The third kappa shape index (κ3) is 3.02. The highest BCUT2D eigenvalue weighted by Gasteiger charge is 2.18. The Kier molecular flexibility index (Phi) is 4.78. The van der Waals surface area contributed by atoms with E-state index < -0.39 is 0 Å². The fourth-order valence-electron chi connectivity index (χ4n) is 2.30. The van der Waals surface area contributed by atoms with Crippen LogP contribution in [0.1, 0.15) is 42.7 Å². The highest BCUT2D eigenvalue weighted by atomic mass is 35.5. The minimum atomic E-state index is -0.167. The molecule has 2 rings (SSSR count). The van der Waals surface area contributed by atoms with Crippen molar-refractivity contribution < 1.29 is 0 Å². The lowest BCUT2D eigenvalue weighted by Gasteiger charge is -2.13. The van der Waals surface area contributed by atoms with Crippen LogP contribution in [0.3, 0.4) is 0 Å². The summed E-state index contributed by atoms with van der Waals surface area (Å²) in [7, 11) is 0. The van der Waals surface area contributed by atoms with Crippen LogP contribution in [0.4, 0.5) is 0 Å². The van der Waals surface area contributed by atoms with Crippen LogP contribution in [-0.2, 0) is 19.4 Å². The lowest BCUT2D eigenvalue weighted by Crippen LogP contribution is -2.17. The van der Waals surface area contributed by atoms with E-state index in [-0.39, 0.29) is 6.04 Å². The van der Waals surface area contributed by atoms with E-state index in [1.54, 1.807) is 0 Å². The molecule has 0 aliphatic carbocycles. The average molecular weight is 293 g/mol. The lowest BCUT2D eigenvalue weighted by molar-refractivity contribution is 0.580. The Morgan fingerprint density at radius 2 is 2.10 bits per heavy atom. The first kappa shape index (κ1) is 15.0. The van der Waals surface area contributed by atoms with Gasteiger partial charge in [0.2, 0.25) is 0 Å². The predicted octanol–water partition coefficient (Wildman–Crippen LogP) is 3.06. The van der Waals surface area contributed by atoms with Gasteiger partial charge >= 0.3 is 0 Å². The number of halogens is 1. The zero-order chi connectivity index (χ0) is 14.7. The van der Waals surface area contributed by atoms with Crippen LogP contribution in [0, 0.1) is 6.92 Å². The first-order chi connectivity index (χ1) is 9.56. The van der Waals surface area contributed by atoms with E-state index in [9.17, 15) is 0 Å². The molecule has 0 amide bonds. The zero-order valence-electron chi connectivity index (χ0n) is 12.2. The van der Waals surface area contributed by atoms with Gasteiger partial charge < -0.3 is 5.73 Å². The smallest absolute Gasteiger partial charge is 0.0850 e. The first-order valence-corrected chi connectivity index (χ1v) is 7.37. The van der Waals surface area contributed by atoms with E-state index in [2.05, 4.69) is 23.9 Å². The molecular formula is C15H21ClN4. The second kappa shape index (κ2) is 6.37. The minimum absolute atomic E-state index is 0.167. The number of hydrogen-bond donors (Lipinski definition) is 1. The van der Waals surface area contributed by atoms with E-state index >= 15 is 0 Å². The molecule has 0 saturated carbocycles. The summed E-state index contributed by atoms with van der Waals surface area (Å²) < 4.78 is 1.94. The Morgan fingerprint density at radius 1 is 1.35 bits per heavy atom. The van der Waals surface area contributed by atoms with Gasteiger partial charge in [-0.25, -0.2) is 0 Å². The van der Waals surface area contributed by atoms with Crippen molar-refractivity contribution in [1.29, 1.82) is 0 Å². The summed E-state index contributed by atoms with van der Waals surface area (Å²) in [6, 6.07) is 5.74. The molecule has 0 saturated heterocycles. The topological polar surface area (TPSA) is 56.7 Å². The number of nitrogens with zero attached hydrogens (tertiary/aromatic N) is 3. The van der Waals surface area contributed by atoms with Gasteiger partial charge in [0.1, 0.15) is 0 Å². The number of pyridine rings is 1. The average Bonchev–Trinajstić information content (AvgIpc) is 2.75. The first-order valence-electron chi connectivity index (χ1n) is 7.00. The fourth-order valence-corrected chi connectivity index (χ4v) is 2.64. The molecule has 5 heteroatoms. The third-order valence-electron chi connectivity index (χ3n) is 3.40. The molecule has 2 heterocycles. The molecule has 4 nitrogen and oxygen atoms in total. The van der Waals surface area contributed by atoms with Crippen LogP contribution in [-0.4, -0.2) is 14.8 Å². The van der Waals surface area contributed by atoms with E-state index in [1.807, 2.05) is 29.8 Å². The minimum Gasteiger partial charge on any atom is -0.322 e. The molecule has 108 valence electrons.